The summed E-state index contributed by atoms with van der Waals surface area (Å²) in [6, 6.07) is 15.8. The molecule has 38 heavy (non-hydrogen) atoms. The lowest BCUT2D eigenvalue weighted by Gasteiger charge is -2.28. The Morgan fingerprint density at radius 2 is 1.92 bits per heavy atom. The van der Waals surface area contributed by atoms with Crippen molar-refractivity contribution in [1.82, 2.24) is 20.1 Å². The number of pyridine rings is 1. The number of benzene rings is 2. The molecule has 7 nitrogen and oxygen atoms in total. The summed E-state index contributed by atoms with van der Waals surface area (Å²) in [5, 5.41) is 13.8. The third-order valence-corrected chi connectivity index (χ3v) is 8.85. The zero-order chi connectivity index (χ0) is 26.4. The summed E-state index contributed by atoms with van der Waals surface area (Å²) < 4.78 is 5.86. The summed E-state index contributed by atoms with van der Waals surface area (Å²) in [5.74, 6) is 0.623. The fraction of sp³-hybridized carbons (Fsp3) is 0.379. The minimum atomic E-state index is -0.276. The van der Waals surface area contributed by atoms with Crippen LogP contribution in [0.15, 0.2) is 48.5 Å². The van der Waals surface area contributed by atoms with Crippen LogP contribution in [0.2, 0.25) is 10.0 Å². The molecule has 3 aromatic rings. The number of aliphatic hydroxyl groups excluding tert-OH is 1. The molecule has 3 heterocycles. The molecule has 0 bridgehead atoms. The van der Waals surface area contributed by atoms with E-state index < -0.39 is 0 Å². The van der Waals surface area contributed by atoms with Crippen LogP contribution in [0, 0.1) is 0 Å². The molecule has 2 saturated heterocycles. The number of carbonyl (C=O) groups is 1. The Morgan fingerprint density at radius 3 is 2.71 bits per heavy atom. The SMILES string of the molecule is COc1nc(-c2cccc(-c3ccccc3Cl)c2Cl)cc2c1[C@@H](N1CC[C@@]3(CN(CCO)C(=O)N3)C1)CC2. The number of halogens is 2. The van der Waals surface area contributed by atoms with Gasteiger partial charge in [-0.1, -0.05) is 59.6 Å². The van der Waals surface area contributed by atoms with Crippen molar-refractivity contribution in [2.24, 2.45) is 0 Å². The largest absolute Gasteiger partial charge is 0.481 e. The Balaban J connectivity index is 1.30. The highest BCUT2D eigenvalue weighted by Gasteiger charge is 2.49. The van der Waals surface area contributed by atoms with E-state index in [1.807, 2.05) is 42.5 Å². The molecule has 2 N–H and O–H groups in total. The second kappa shape index (κ2) is 10.0. The molecule has 1 aliphatic carbocycles. The predicted molar refractivity (Wildman–Crippen MR) is 149 cm³/mol. The molecule has 0 radical (unpaired) electrons. The van der Waals surface area contributed by atoms with Gasteiger partial charge in [0.1, 0.15) is 0 Å². The van der Waals surface area contributed by atoms with Crippen molar-refractivity contribution in [2.45, 2.75) is 30.8 Å². The fourth-order valence-electron chi connectivity index (χ4n) is 6.34. The average molecular weight is 553 g/mol. The van der Waals surface area contributed by atoms with Crippen molar-refractivity contribution in [3.05, 3.63) is 69.7 Å². The molecule has 2 atom stereocenters. The van der Waals surface area contributed by atoms with Gasteiger partial charge in [-0.05, 0) is 37.0 Å². The van der Waals surface area contributed by atoms with Crippen LogP contribution in [0.25, 0.3) is 22.4 Å². The van der Waals surface area contributed by atoms with Gasteiger partial charge in [0.05, 0.1) is 30.0 Å². The molecule has 1 aromatic heterocycles. The van der Waals surface area contributed by atoms with Crippen LogP contribution in [0.3, 0.4) is 0 Å². The van der Waals surface area contributed by atoms with E-state index in [1.165, 1.54) is 5.56 Å². The van der Waals surface area contributed by atoms with Gasteiger partial charge < -0.3 is 20.1 Å². The van der Waals surface area contributed by atoms with Crippen molar-refractivity contribution >= 4 is 29.2 Å². The van der Waals surface area contributed by atoms with E-state index in [2.05, 4.69) is 16.3 Å². The van der Waals surface area contributed by atoms with Crippen LogP contribution >= 0.6 is 23.2 Å². The lowest BCUT2D eigenvalue weighted by atomic mass is 9.99. The minimum absolute atomic E-state index is 0.0280. The standard InChI is InChI=1S/C29H30Cl2N4O3/c1-38-27-25-18(9-10-24(25)34-12-11-29(16-34)17-35(13-14-36)28(37)33-29)15-23(32-27)21-7-4-6-20(26(21)31)19-5-2-3-8-22(19)30/h2-8,15,24,36H,9-14,16-17H2,1H3,(H,33,37)/t24-,29-/m0/s1. The molecule has 2 amide bonds. The zero-order valence-electron chi connectivity index (χ0n) is 21.2. The summed E-state index contributed by atoms with van der Waals surface area (Å²) in [4.78, 5) is 21.5. The number of carbonyl (C=O) groups excluding carboxylic acids is 1. The maximum atomic E-state index is 12.4. The number of ether oxygens (including phenoxy) is 1. The number of nitrogens with one attached hydrogen (secondary N) is 1. The highest BCUT2D eigenvalue weighted by molar-refractivity contribution is 6.38. The van der Waals surface area contributed by atoms with E-state index in [0.717, 1.165) is 60.3 Å². The number of rotatable bonds is 6. The van der Waals surface area contributed by atoms with Gasteiger partial charge in [-0.15, -0.1) is 0 Å². The van der Waals surface area contributed by atoms with Crippen LogP contribution in [0.5, 0.6) is 5.88 Å². The zero-order valence-corrected chi connectivity index (χ0v) is 22.7. The number of amides is 2. The number of β-amino-alcohol motifs (C(OH)–C–C–N with tert-alkyl or cyclic N) is 1. The van der Waals surface area contributed by atoms with Gasteiger partial charge in [0, 0.05) is 59.5 Å². The maximum Gasteiger partial charge on any atom is 0.318 e. The van der Waals surface area contributed by atoms with Gasteiger partial charge in [0.25, 0.3) is 0 Å². The second-order valence-corrected chi connectivity index (χ2v) is 11.2. The summed E-state index contributed by atoms with van der Waals surface area (Å²) in [5.41, 5.74) is 5.44. The van der Waals surface area contributed by atoms with Crippen LogP contribution in [-0.4, -0.2) is 71.4 Å². The Bertz CT molecular complexity index is 1400. The topological polar surface area (TPSA) is 77.9 Å². The number of methoxy groups -OCH3 is 1. The molecule has 6 rings (SSSR count). The number of hydrogen-bond acceptors (Lipinski definition) is 5. The number of aryl methyl sites for hydroxylation is 1. The van der Waals surface area contributed by atoms with E-state index in [4.69, 9.17) is 32.9 Å². The molecule has 9 heteroatoms. The van der Waals surface area contributed by atoms with Gasteiger partial charge in [-0.2, -0.15) is 0 Å². The number of likely N-dealkylation sites (tertiary alicyclic amines) is 1. The van der Waals surface area contributed by atoms with Crippen molar-refractivity contribution < 1.29 is 14.6 Å². The molecular weight excluding hydrogens is 523 g/mol. The smallest absolute Gasteiger partial charge is 0.318 e. The first-order chi connectivity index (χ1) is 18.4. The summed E-state index contributed by atoms with van der Waals surface area (Å²) in [6.07, 6.45) is 2.76. The number of nitrogens with zero attached hydrogens (tertiary/aromatic N) is 3. The second-order valence-electron chi connectivity index (χ2n) is 10.4. The molecule has 2 aromatic carbocycles. The number of fused-ring (bicyclic) bond motifs is 1. The monoisotopic (exact) mass is 552 g/mol. The lowest BCUT2D eigenvalue weighted by molar-refractivity contribution is 0.193. The molecule has 0 unspecified atom stereocenters. The molecule has 0 saturated carbocycles. The Hall–Kier alpha value is -2.84. The summed E-state index contributed by atoms with van der Waals surface area (Å²) in [6.45, 7) is 2.60. The Kier molecular flexibility index (Phi) is 6.72. The molecule has 2 fully saturated rings. The highest BCUT2D eigenvalue weighted by Crippen LogP contribution is 2.46. The number of aromatic nitrogens is 1. The van der Waals surface area contributed by atoms with Gasteiger partial charge >= 0.3 is 6.03 Å². The third kappa shape index (κ3) is 4.31. The van der Waals surface area contributed by atoms with Gasteiger partial charge in [-0.25, -0.2) is 9.78 Å². The first-order valence-electron chi connectivity index (χ1n) is 13.0. The van der Waals surface area contributed by atoms with Crippen LogP contribution in [-0.2, 0) is 6.42 Å². The Labute approximate surface area is 232 Å². The number of urea groups is 1. The summed E-state index contributed by atoms with van der Waals surface area (Å²) in [7, 11) is 1.67. The van der Waals surface area contributed by atoms with Crippen molar-refractivity contribution in [1.29, 1.82) is 0 Å². The van der Waals surface area contributed by atoms with E-state index in [-0.39, 0.29) is 24.2 Å². The van der Waals surface area contributed by atoms with E-state index in [9.17, 15) is 9.90 Å². The quantitative estimate of drug-likeness (QED) is 0.440. The third-order valence-electron chi connectivity index (χ3n) is 8.11. The fourth-order valence-corrected chi connectivity index (χ4v) is 6.91. The van der Waals surface area contributed by atoms with E-state index >= 15 is 0 Å². The molecule has 1 spiro atoms. The van der Waals surface area contributed by atoms with Gasteiger partial charge in [0.2, 0.25) is 5.88 Å². The van der Waals surface area contributed by atoms with E-state index in [1.54, 1.807) is 12.0 Å². The van der Waals surface area contributed by atoms with Crippen LogP contribution in [0.1, 0.15) is 30.0 Å². The van der Waals surface area contributed by atoms with Crippen molar-refractivity contribution in [3.63, 3.8) is 0 Å². The Morgan fingerprint density at radius 1 is 1.13 bits per heavy atom. The highest BCUT2D eigenvalue weighted by atomic mass is 35.5. The molecule has 3 aliphatic rings. The summed E-state index contributed by atoms with van der Waals surface area (Å²) >= 11 is 13.4. The minimum Gasteiger partial charge on any atom is -0.481 e. The van der Waals surface area contributed by atoms with Crippen molar-refractivity contribution in [2.75, 3.05) is 39.9 Å². The first kappa shape index (κ1) is 25.4. The van der Waals surface area contributed by atoms with Gasteiger partial charge in [0.15, 0.2) is 0 Å². The van der Waals surface area contributed by atoms with Gasteiger partial charge in [-0.3, -0.25) is 4.90 Å². The maximum absolute atomic E-state index is 12.4. The predicted octanol–water partition coefficient (Wildman–Crippen LogP) is 5.18. The first-order valence-corrected chi connectivity index (χ1v) is 13.7. The normalized spacial score (nSPS) is 22.8. The van der Waals surface area contributed by atoms with Crippen LogP contribution < -0.4 is 10.1 Å². The molecule has 2 aliphatic heterocycles. The van der Waals surface area contributed by atoms with E-state index in [0.29, 0.717) is 29.0 Å². The van der Waals surface area contributed by atoms with Crippen molar-refractivity contribution in [3.8, 4) is 28.3 Å². The number of aliphatic hydroxyl groups is 1. The average Bonchev–Trinajstić information content (AvgIpc) is 3.61. The van der Waals surface area contributed by atoms with Crippen LogP contribution in [0.4, 0.5) is 4.79 Å². The molecule has 198 valence electrons. The molecular formula is C29H30Cl2N4O3. The number of hydrogen-bond donors (Lipinski definition) is 2. The lowest BCUT2D eigenvalue weighted by Crippen LogP contribution is -2.46.